The molecule has 1 aliphatic heterocycles. The summed E-state index contributed by atoms with van der Waals surface area (Å²) < 4.78 is 4.77. The highest BCUT2D eigenvalue weighted by molar-refractivity contribution is 5.78. The second kappa shape index (κ2) is 3.50. The molecule has 1 rings (SSSR count). The van der Waals surface area contributed by atoms with Crippen molar-refractivity contribution >= 4 is 5.97 Å². The molecule has 4 nitrogen and oxygen atoms in total. The SMILES string of the molecule is C=CCOC(=O)[C@H]1NCC1N. The van der Waals surface area contributed by atoms with Crippen LogP contribution in [0.15, 0.2) is 12.7 Å². The van der Waals surface area contributed by atoms with Gasteiger partial charge in [-0.25, -0.2) is 0 Å². The maximum Gasteiger partial charge on any atom is 0.325 e. The van der Waals surface area contributed by atoms with E-state index in [2.05, 4.69) is 11.9 Å². The Bertz CT molecular complexity index is 170. The van der Waals surface area contributed by atoms with E-state index < -0.39 is 0 Å². The summed E-state index contributed by atoms with van der Waals surface area (Å²) in [6, 6.07) is -0.401. The van der Waals surface area contributed by atoms with Crippen molar-refractivity contribution in [2.75, 3.05) is 13.2 Å². The van der Waals surface area contributed by atoms with E-state index in [4.69, 9.17) is 10.5 Å². The van der Waals surface area contributed by atoms with Crippen LogP contribution in [0.2, 0.25) is 0 Å². The summed E-state index contributed by atoms with van der Waals surface area (Å²) in [6.45, 7) is 4.37. The number of nitrogens with two attached hydrogens (primary N) is 1. The van der Waals surface area contributed by atoms with Gasteiger partial charge in [0.2, 0.25) is 0 Å². The third kappa shape index (κ3) is 1.78. The van der Waals surface area contributed by atoms with Crippen LogP contribution in [0.4, 0.5) is 0 Å². The van der Waals surface area contributed by atoms with E-state index in [0.29, 0.717) is 6.54 Å². The summed E-state index contributed by atoms with van der Waals surface area (Å²) in [5.41, 5.74) is 5.51. The number of esters is 1. The fourth-order valence-electron chi connectivity index (χ4n) is 0.861. The molecule has 0 bridgehead atoms. The molecular formula is C7H12N2O2. The van der Waals surface area contributed by atoms with E-state index in [1.54, 1.807) is 0 Å². The van der Waals surface area contributed by atoms with Crippen molar-refractivity contribution in [1.82, 2.24) is 5.32 Å². The third-order valence-electron chi connectivity index (χ3n) is 1.60. The monoisotopic (exact) mass is 156 g/mol. The van der Waals surface area contributed by atoms with Crippen LogP contribution >= 0.6 is 0 Å². The largest absolute Gasteiger partial charge is 0.460 e. The molecule has 3 N–H and O–H groups in total. The Hall–Kier alpha value is -0.870. The van der Waals surface area contributed by atoms with E-state index in [1.807, 2.05) is 0 Å². The molecule has 1 unspecified atom stereocenters. The smallest absolute Gasteiger partial charge is 0.325 e. The van der Waals surface area contributed by atoms with Gasteiger partial charge in [-0.05, 0) is 0 Å². The van der Waals surface area contributed by atoms with E-state index in [-0.39, 0.29) is 24.7 Å². The van der Waals surface area contributed by atoms with Crippen LogP contribution < -0.4 is 11.1 Å². The quantitative estimate of drug-likeness (QED) is 0.407. The van der Waals surface area contributed by atoms with Crippen molar-refractivity contribution in [1.29, 1.82) is 0 Å². The van der Waals surface area contributed by atoms with Gasteiger partial charge in [0.1, 0.15) is 12.6 Å². The lowest BCUT2D eigenvalue weighted by molar-refractivity contribution is -0.147. The molecule has 1 aliphatic rings. The molecule has 4 heteroatoms. The molecule has 0 amide bonds. The molecule has 1 fully saturated rings. The van der Waals surface area contributed by atoms with Crippen LogP contribution in [0.25, 0.3) is 0 Å². The molecule has 2 atom stereocenters. The summed E-state index contributed by atoms with van der Waals surface area (Å²) in [5.74, 6) is -0.288. The first-order chi connectivity index (χ1) is 5.25. The minimum atomic E-state index is -0.310. The molecule has 1 heterocycles. The number of ether oxygens (including phenoxy) is 1. The Kier molecular flexibility index (Phi) is 2.62. The molecule has 11 heavy (non-hydrogen) atoms. The van der Waals surface area contributed by atoms with Crippen molar-refractivity contribution in [2.24, 2.45) is 5.73 Å². The van der Waals surface area contributed by atoms with Gasteiger partial charge in [0, 0.05) is 12.6 Å². The molecule has 0 aromatic rings. The lowest BCUT2D eigenvalue weighted by Gasteiger charge is -2.32. The average Bonchev–Trinajstić information content (AvgIpc) is 1.98. The van der Waals surface area contributed by atoms with Gasteiger partial charge in [-0.3, -0.25) is 4.79 Å². The predicted octanol–water partition coefficient (Wildman–Crippen LogP) is -0.985. The topological polar surface area (TPSA) is 64.3 Å². The summed E-state index contributed by atoms with van der Waals surface area (Å²) >= 11 is 0. The fourth-order valence-corrected chi connectivity index (χ4v) is 0.861. The van der Waals surface area contributed by atoms with Crippen molar-refractivity contribution in [2.45, 2.75) is 12.1 Å². The highest BCUT2D eigenvalue weighted by atomic mass is 16.5. The van der Waals surface area contributed by atoms with Crippen LogP contribution in [-0.2, 0) is 9.53 Å². The minimum absolute atomic E-state index is 0.0904. The molecule has 1 saturated heterocycles. The minimum Gasteiger partial charge on any atom is -0.460 e. The molecule has 0 aromatic carbocycles. The van der Waals surface area contributed by atoms with Gasteiger partial charge < -0.3 is 15.8 Å². The number of rotatable bonds is 3. The van der Waals surface area contributed by atoms with Crippen LogP contribution in [-0.4, -0.2) is 31.2 Å². The first-order valence-corrected chi connectivity index (χ1v) is 3.52. The highest BCUT2D eigenvalue weighted by Crippen LogP contribution is 2.02. The number of carbonyl (C=O) groups excluding carboxylic acids is 1. The number of carbonyl (C=O) groups is 1. The maximum absolute atomic E-state index is 11.0. The summed E-state index contributed by atoms with van der Waals surface area (Å²) in [5, 5.41) is 2.87. The second-order valence-corrected chi connectivity index (χ2v) is 2.47. The van der Waals surface area contributed by atoms with Gasteiger partial charge in [0.15, 0.2) is 0 Å². The van der Waals surface area contributed by atoms with E-state index >= 15 is 0 Å². The number of hydrogen-bond donors (Lipinski definition) is 2. The second-order valence-electron chi connectivity index (χ2n) is 2.47. The van der Waals surface area contributed by atoms with Crippen LogP contribution in [0.1, 0.15) is 0 Å². The molecule has 0 spiro atoms. The van der Waals surface area contributed by atoms with E-state index in [1.165, 1.54) is 6.08 Å². The van der Waals surface area contributed by atoms with Crippen LogP contribution in [0, 0.1) is 0 Å². The van der Waals surface area contributed by atoms with Gasteiger partial charge in [-0.1, -0.05) is 12.7 Å². The zero-order valence-electron chi connectivity index (χ0n) is 6.25. The molecule has 0 radical (unpaired) electrons. The first kappa shape index (κ1) is 8.23. The standard InChI is InChI=1S/C7H12N2O2/c1-2-3-11-7(10)6-5(8)4-9-6/h2,5-6,9H,1,3-4,8H2/t5?,6-/m0/s1. The normalized spacial score (nSPS) is 28.8. The van der Waals surface area contributed by atoms with Gasteiger partial charge in [0.25, 0.3) is 0 Å². The molecule has 62 valence electrons. The van der Waals surface area contributed by atoms with Crippen molar-refractivity contribution in [3.05, 3.63) is 12.7 Å². The lowest BCUT2D eigenvalue weighted by Crippen LogP contribution is -2.65. The molecule has 0 aromatic heterocycles. The molecule has 0 aliphatic carbocycles. The van der Waals surface area contributed by atoms with Crippen LogP contribution in [0.5, 0.6) is 0 Å². The van der Waals surface area contributed by atoms with Gasteiger partial charge >= 0.3 is 5.97 Å². The average molecular weight is 156 g/mol. The fraction of sp³-hybridized carbons (Fsp3) is 0.571. The zero-order valence-corrected chi connectivity index (χ0v) is 6.25. The molecule has 0 saturated carbocycles. The number of hydrogen-bond acceptors (Lipinski definition) is 4. The van der Waals surface area contributed by atoms with Gasteiger partial charge in [-0.2, -0.15) is 0 Å². The molecular weight excluding hydrogens is 144 g/mol. The highest BCUT2D eigenvalue weighted by Gasteiger charge is 2.34. The van der Waals surface area contributed by atoms with Gasteiger partial charge in [0.05, 0.1) is 0 Å². The third-order valence-corrected chi connectivity index (χ3v) is 1.60. The van der Waals surface area contributed by atoms with Crippen molar-refractivity contribution in [3.8, 4) is 0 Å². The lowest BCUT2D eigenvalue weighted by atomic mass is 10.0. The zero-order chi connectivity index (χ0) is 8.27. The first-order valence-electron chi connectivity index (χ1n) is 3.52. The Morgan fingerprint density at radius 3 is 3.00 bits per heavy atom. The van der Waals surface area contributed by atoms with E-state index in [0.717, 1.165) is 0 Å². The maximum atomic E-state index is 11.0. The van der Waals surface area contributed by atoms with Crippen molar-refractivity contribution in [3.63, 3.8) is 0 Å². The van der Waals surface area contributed by atoms with Gasteiger partial charge in [-0.15, -0.1) is 0 Å². The Balaban J connectivity index is 2.24. The van der Waals surface area contributed by atoms with E-state index in [9.17, 15) is 4.79 Å². The van der Waals surface area contributed by atoms with Crippen molar-refractivity contribution < 1.29 is 9.53 Å². The Morgan fingerprint density at radius 2 is 2.64 bits per heavy atom. The van der Waals surface area contributed by atoms with Crippen LogP contribution in [0.3, 0.4) is 0 Å². The summed E-state index contributed by atoms with van der Waals surface area (Å²) in [6.07, 6.45) is 1.53. The summed E-state index contributed by atoms with van der Waals surface area (Å²) in [7, 11) is 0. The Labute approximate surface area is 65.4 Å². The summed E-state index contributed by atoms with van der Waals surface area (Å²) in [4.78, 5) is 11.0. The number of nitrogens with one attached hydrogen (secondary N) is 1. The Morgan fingerprint density at radius 1 is 1.91 bits per heavy atom. The predicted molar refractivity (Wildman–Crippen MR) is 40.9 cm³/mol.